The van der Waals surface area contributed by atoms with Gasteiger partial charge in [-0.2, -0.15) is 0 Å². The zero-order valence-corrected chi connectivity index (χ0v) is 26.2. The van der Waals surface area contributed by atoms with E-state index >= 15 is 0 Å². The van der Waals surface area contributed by atoms with E-state index in [2.05, 4.69) is 20.1 Å². The number of nitrogens with zero attached hydrogens (tertiary/aromatic N) is 3. The van der Waals surface area contributed by atoms with Crippen molar-refractivity contribution in [3.8, 4) is 0 Å². The summed E-state index contributed by atoms with van der Waals surface area (Å²) in [7, 11) is 0. The molecule has 2 aromatic rings. The number of hydrogen-bond donors (Lipinski definition) is 1. The maximum Gasteiger partial charge on any atom is 0.251 e. The van der Waals surface area contributed by atoms with Crippen molar-refractivity contribution >= 4 is 52.5 Å². The first kappa shape index (κ1) is 31.4. The van der Waals surface area contributed by atoms with Crippen molar-refractivity contribution in [2.45, 2.75) is 54.6 Å². The number of thioether (sulfide) groups is 1. The minimum Gasteiger partial charge on any atom is -0.396 e. The van der Waals surface area contributed by atoms with Crippen LogP contribution in [0.15, 0.2) is 79.9 Å². The number of anilines is 2. The second-order valence-corrected chi connectivity index (χ2v) is 14.1. The number of amides is 3. The Morgan fingerprint density at radius 2 is 1.67 bits per heavy atom. The van der Waals surface area contributed by atoms with Gasteiger partial charge in [-0.3, -0.25) is 14.4 Å². The second kappa shape index (κ2) is 12.9. The predicted octanol–water partition coefficient (Wildman–Crippen LogP) is 5.72. The van der Waals surface area contributed by atoms with Crippen LogP contribution in [0.4, 0.5) is 11.4 Å². The molecule has 2 unspecified atom stereocenters. The van der Waals surface area contributed by atoms with Crippen LogP contribution in [-0.4, -0.2) is 69.5 Å². The van der Waals surface area contributed by atoms with Crippen LogP contribution in [0.5, 0.6) is 0 Å². The lowest BCUT2D eigenvalue weighted by molar-refractivity contribution is -0.139. The van der Waals surface area contributed by atoms with E-state index in [4.69, 9.17) is 11.6 Å². The molecule has 43 heavy (non-hydrogen) atoms. The zero-order valence-electron chi connectivity index (χ0n) is 24.7. The number of para-hydroxylation sites is 2. The quantitative estimate of drug-likeness (QED) is 0.229. The number of benzene rings is 2. The SMILES string of the molecule is C=CCN(C(=O)[C@@H]1[C@H]2C(=O)N(CCCCCO)C(C(=O)N(CC=C)c3ccccc3Cl)C23CC[C@@]1(C)S3)c1ccccc1. The van der Waals surface area contributed by atoms with E-state index in [0.29, 0.717) is 43.1 Å². The third-order valence-corrected chi connectivity index (χ3v) is 11.5. The Kier molecular flexibility index (Phi) is 9.40. The van der Waals surface area contributed by atoms with E-state index in [-0.39, 0.29) is 30.9 Å². The molecule has 3 aliphatic rings. The van der Waals surface area contributed by atoms with Crippen molar-refractivity contribution in [3.05, 3.63) is 84.9 Å². The van der Waals surface area contributed by atoms with E-state index in [1.54, 1.807) is 50.7 Å². The first-order valence-electron chi connectivity index (χ1n) is 15.0. The van der Waals surface area contributed by atoms with Gasteiger partial charge in [0, 0.05) is 36.7 Å². The largest absolute Gasteiger partial charge is 0.396 e. The maximum atomic E-state index is 14.8. The smallest absolute Gasteiger partial charge is 0.251 e. The van der Waals surface area contributed by atoms with E-state index in [0.717, 1.165) is 18.5 Å². The normalized spacial score (nSPS) is 27.2. The molecule has 0 radical (unpaired) electrons. The van der Waals surface area contributed by atoms with Gasteiger partial charge < -0.3 is 19.8 Å². The third-order valence-electron chi connectivity index (χ3n) is 9.20. The molecule has 5 atom stereocenters. The molecule has 3 heterocycles. The van der Waals surface area contributed by atoms with Gasteiger partial charge in [-0.25, -0.2) is 0 Å². The number of rotatable bonds is 13. The third kappa shape index (κ3) is 5.42. The van der Waals surface area contributed by atoms with Crippen molar-refractivity contribution in [3.63, 3.8) is 0 Å². The Morgan fingerprint density at radius 1 is 1.00 bits per heavy atom. The van der Waals surface area contributed by atoms with Gasteiger partial charge in [0.25, 0.3) is 5.91 Å². The van der Waals surface area contributed by atoms with Crippen molar-refractivity contribution in [2.75, 3.05) is 36.0 Å². The molecule has 0 aromatic heterocycles. The average Bonchev–Trinajstić information content (AvgIpc) is 3.57. The highest BCUT2D eigenvalue weighted by molar-refractivity contribution is 8.02. The Balaban J connectivity index is 1.58. The number of hydrogen-bond acceptors (Lipinski definition) is 5. The summed E-state index contributed by atoms with van der Waals surface area (Å²) in [6.45, 7) is 10.9. The number of carbonyl (C=O) groups excluding carboxylic acids is 3. The van der Waals surface area contributed by atoms with Crippen LogP contribution in [0.25, 0.3) is 0 Å². The summed E-state index contributed by atoms with van der Waals surface area (Å²) in [4.78, 5) is 48.9. The highest BCUT2D eigenvalue weighted by Gasteiger charge is 2.77. The summed E-state index contributed by atoms with van der Waals surface area (Å²) in [6.07, 6.45) is 6.76. The molecular formula is C34H40ClN3O4S. The topological polar surface area (TPSA) is 81.2 Å². The second-order valence-electron chi connectivity index (χ2n) is 11.8. The highest BCUT2D eigenvalue weighted by Crippen LogP contribution is 2.71. The lowest BCUT2D eigenvalue weighted by Gasteiger charge is -2.38. The van der Waals surface area contributed by atoms with E-state index in [1.807, 2.05) is 42.5 Å². The molecule has 3 fully saturated rings. The molecule has 0 saturated carbocycles. The van der Waals surface area contributed by atoms with E-state index < -0.39 is 27.4 Å². The van der Waals surface area contributed by atoms with Crippen molar-refractivity contribution < 1.29 is 19.5 Å². The fourth-order valence-electron chi connectivity index (χ4n) is 7.37. The molecule has 3 amide bonds. The summed E-state index contributed by atoms with van der Waals surface area (Å²) < 4.78 is -1.25. The van der Waals surface area contributed by atoms with Crippen molar-refractivity contribution in [1.82, 2.24) is 4.90 Å². The molecule has 1 spiro atoms. The van der Waals surface area contributed by atoms with Crippen LogP contribution >= 0.6 is 23.4 Å². The van der Waals surface area contributed by atoms with Gasteiger partial charge in [0.2, 0.25) is 11.8 Å². The van der Waals surface area contributed by atoms with Gasteiger partial charge in [-0.05, 0) is 63.3 Å². The lowest BCUT2D eigenvalue weighted by Crippen LogP contribution is -2.55. The van der Waals surface area contributed by atoms with Gasteiger partial charge in [0.15, 0.2) is 0 Å². The Bertz CT molecular complexity index is 1390. The number of halogens is 1. The summed E-state index contributed by atoms with van der Waals surface area (Å²) in [5.74, 6) is -1.68. The molecule has 3 aliphatic heterocycles. The number of aliphatic hydroxyl groups is 1. The van der Waals surface area contributed by atoms with Crippen LogP contribution in [0.1, 0.15) is 39.0 Å². The van der Waals surface area contributed by atoms with Crippen LogP contribution in [-0.2, 0) is 14.4 Å². The lowest BCUT2D eigenvalue weighted by atomic mass is 9.66. The Hall–Kier alpha value is -3.07. The van der Waals surface area contributed by atoms with Crippen LogP contribution < -0.4 is 9.80 Å². The molecule has 3 saturated heterocycles. The summed E-state index contributed by atoms with van der Waals surface area (Å²) >= 11 is 8.25. The number of carbonyl (C=O) groups is 3. The number of unbranched alkanes of at least 4 members (excludes halogenated alkanes) is 2. The molecule has 2 aromatic carbocycles. The number of fused-ring (bicyclic) bond motifs is 1. The van der Waals surface area contributed by atoms with Crippen LogP contribution in [0.3, 0.4) is 0 Å². The Labute approximate surface area is 263 Å². The predicted molar refractivity (Wildman–Crippen MR) is 174 cm³/mol. The molecule has 7 nitrogen and oxygen atoms in total. The van der Waals surface area contributed by atoms with Gasteiger partial charge >= 0.3 is 0 Å². The average molecular weight is 622 g/mol. The molecule has 2 bridgehead atoms. The van der Waals surface area contributed by atoms with Gasteiger partial charge in [-0.15, -0.1) is 24.9 Å². The van der Waals surface area contributed by atoms with Crippen molar-refractivity contribution in [2.24, 2.45) is 11.8 Å². The van der Waals surface area contributed by atoms with Crippen LogP contribution in [0.2, 0.25) is 5.02 Å². The zero-order chi connectivity index (χ0) is 30.8. The van der Waals surface area contributed by atoms with E-state index in [1.165, 1.54) is 0 Å². The molecule has 9 heteroatoms. The molecule has 1 N–H and O–H groups in total. The molecule has 0 aliphatic carbocycles. The molecule has 5 rings (SSSR count). The Morgan fingerprint density at radius 3 is 2.35 bits per heavy atom. The van der Waals surface area contributed by atoms with Crippen LogP contribution in [0, 0.1) is 11.8 Å². The highest BCUT2D eigenvalue weighted by atomic mass is 35.5. The van der Waals surface area contributed by atoms with Gasteiger partial charge in [0.1, 0.15) is 6.04 Å². The number of likely N-dealkylation sites (tertiary alicyclic amines) is 1. The fraction of sp³-hybridized carbons (Fsp3) is 0.441. The summed E-state index contributed by atoms with van der Waals surface area (Å²) in [5, 5.41) is 9.79. The summed E-state index contributed by atoms with van der Waals surface area (Å²) in [6, 6.07) is 15.9. The fourth-order valence-corrected chi connectivity index (χ4v) is 9.96. The first-order chi connectivity index (χ1) is 20.7. The van der Waals surface area contributed by atoms with Gasteiger partial charge in [-0.1, -0.05) is 54.1 Å². The first-order valence-corrected chi connectivity index (χ1v) is 16.2. The molecule has 228 valence electrons. The molecular weight excluding hydrogens is 582 g/mol. The van der Waals surface area contributed by atoms with E-state index in [9.17, 15) is 19.5 Å². The standard InChI is InChI=1S/C34H40ClN3O4S/c1-4-20-36(24-14-8-6-9-15-24)30(40)27-28-31(41)38(22-12-7-13-23-39)29(34(28)19-18-33(27,3)43-34)32(42)37(21-5-2)26-17-11-10-16-25(26)35/h4-6,8-11,14-17,27-29,39H,1-2,7,12-13,18-23H2,3H3/t27-,28-,29?,33+,34?/m0/s1. The monoisotopic (exact) mass is 621 g/mol. The number of aliphatic hydroxyl groups excluding tert-OH is 1. The maximum absolute atomic E-state index is 14.8. The van der Waals surface area contributed by atoms with Crippen molar-refractivity contribution in [1.29, 1.82) is 0 Å². The minimum atomic E-state index is -0.760. The van der Waals surface area contributed by atoms with Gasteiger partial charge in [0.05, 0.1) is 27.3 Å². The summed E-state index contributed by atoms with van der Waals surface area (Å²) in [5.41, 5.74) is 1.33. The minimum absolute atomic E-state index is 0.0753.